The first-order valence-electron chi connectivity index (χ1n) is 9.20. The fraction of sp³-hybridized carbons (Fsp3) is 0.250. The van der Waals surface area contributed by atoms with Gasteiger partial charge in [0, 0.05) is 36.9 Å². The van der Waals surface area contributed by atoms with Crippen LogP contribution in [0, 0.1) is 0 Å². The number of ether oxygens (including phenoxy) is 1. The molecule has 8 nitrogen and oxygen atoms in total. The standard InChI is InChI=1S/C20H20N6O2/c1-25-18-4-2-13(8-14(18)9-22-25)20(27)23-15-3-5-19-24-16(11-26(19)10-15)17-12-28-7-6-21-17/h2-5,8-11,17,21H,6-7,12H2,1H3,(H,23,27). The number of rotatable bonds is 3. The molecule has 0 bridgehead atoms. The summed E-state index contributed by atoms with van der Waals surface area (Å²) in [6, 6.07) is 9.41. The number of amides is 1. The van der Waals surface area contributed by atoms with Crippen molar-refractivity contribution in [2.75, 3.05) is 25.1 Å². The van der Waals surface area contributed by atoms with Crippen LogP contribution in [0.5, 0.6) is 0 Å². The number of nitrogens with zero attached hydrogens (tertiary/aromatic N) is 4. The number of benzene rings is 1. The molecule has 2 N–H and O–H groups in total. The van der Waals surface area contributed by atoms with Gasteiger partial charge in [0.1, 0.15) is 5.65 Å². The Morgan fingerprint density at radius 2 is 2.21 bits per heavy atom. The first-order valence-corrected chi connectivity index (χ1v) is 9.20. The van der Waals surface area contributed by atoms with Crippen molar-refractivity contribution >= 4 is 28.1 Å². The number of aryl methyl sites for hydroxylation is 1. The van der Waals surface area contributed by atoms with Gasteiger partial charge in [-0.25, -0.2) is 4.98 Å². The number of hydrogen-bond donors (Lipinski definition) is 2. The van der Waals surface area contributed by atoms with Crippen molar-refractivity contribution in [3.63, 3.8) is 0 Å². The molecule has 1 amide bonds. The van der Waals surface area contributed by atoms with Crippen LogP contribution in [0.2, 0.25) is 0 Å². The molecule has 3 aromatic heterocycles. The molecule has 1 aromatic carbocycles. The van der Waals surface area contributed by atoms with E-state index in [1.54, 1.807) is 10.9 Å². The minimum absolute atomic E-state index is 0.0953. The minimum atomic E-state index is -0.159. The average Bonchev–Trinajstić information content (AvgIpc) is 3.32. The number of imidazole rings is 1. The van der Waals surface area contributed by atoms with Crippen molar-refractivity contribution in [2.24, 2.45) is 7.05 Å². The number of carbonyl (C=O) groups is 1. The predicted molar refractivity (Wildman–Crippen MR) is 105 cm³/mol. The van der Waals surface area contributed by atoms with Gasteiger partial charge in [-0.15, -0.1) is 0 Å². The molecule has 4 heterocycles. The normalized spacial score (nSPS) is 17.2. The molecule has 1 unspecified atom stereocenters. The summed E-state index contributed by atoms with van der Waals surface area (Å²) in [4.78, 5) is 17.3. The van der Waals surface area contributed by atoms with Crippen molar-refractivity contribution < 1.29 is 9.53 Å². The number of morpholine rings is 1. The molecule has 1 saturated heterocycles. The number of hydrogen-bond acceptors (Lipinski definition) is 5. The Balaban J connectivity index is 1.38. The molecule has 0 saturated carbocycles. The summed E-state index contributed by atoms with van der Waals surface area (Å²) in [6.45, 7) is 2.16. The van der Waals surface area contributed by atoms with E-state index < -0.39 is 0 Å². The molecule has 0 spiro atoms. The average molecular weight is 376 g/mol. The predicted octanol–water partition coefficient (Wildman–Crippen LogP) is 2.13. The van der Waals surface area contributed by atoms with E-state index in [9.17, 15) is 4.79 Å². The van der Waals surface area contributed by atoms with Crippen molar-refractivity contribution in [1.82, 2.24) is 24.5 Å². The van der Waals surface area contributed by atoms with Crippen LogP contribution in [-0.4, -0.2) is 44.8 Å². The van der Waals surface area contributed by atoms with Crippen molar-refractivity contribution in [3.8, 4) is 0 Å². The summed E-state index contributed by atoms with van der Waals surface area (Å²) >= 11 is 0. The van der Waals surface area contributed by atoms with Crippen molar-refractivity contribution in [1.29, 1.82) is 0 Å². The van der Waals surface area contributed by atoms with Crippen molar-refractivity contribution in [2.45, 2.75) is 6.04 Å². The highest BCUT2D eigenvalue weighted by atomic mass is 16.5. The maximum absolute atomic E-state index is 12.7. The molecule has 142 valence electrons. The van der Waals surface area contributed by atoms with Crippen LogP contribution < -0.4 is 10.6 Å². The van der Waals surface area contributed by atoms with Crippen LogP contribution >= 0.6 is 0 Å². The van der Waals surface area contributed by atoms with E-state index in [0.717, 1.165) is 35.4 Å². The highest BCUT2D eigenvalue weighted by Crippen LogP contribution is 2.19. The molecule has 1 atom stereocenters. The van der Waals surface area contributed by atoms with Gasteiger partial charge in [-0.05, 0) is 30.3 Å². The van der Waals surface area contributed by atoms with E-state index in [-0.39, 0.29) is 11.9 Å². The summed E-state index contributed by atoms with van der Waals surface area (Å²) in [5.41, 5.74) is 4.06. The zero-order valence-electron chi connectivity index (χ0n) is 15.4. The summed E-state index contributed by atoms with van der Waals surface area (Å²) in [7, 11) is 1.88. The molecule has 1 aliphatic heterocycles. The molecular weight excluding hydrogens is 356 g/mol. The number of pyridine rings is 1. The van der Waals surface area contributed by atoms with Gasteiger partial charge in [0.05, 0.1) is 42.4 Å². The quantitative estimate of drug-likeness (QED) is 0.572. The lowest BCUT2D eigenvalue weighted by atomic mass is 10.1. The second-order valence-corrected chi connectivity index (χ2v) is 6.93. The smallest absolute Gasteiger partial charge is 0.255 e. The Morgan fingerprint density at radius 1 is 1.29 bits per heavy atom. The maximum atomic E-state index is 12.7. The Kier molecular flexibility index (Phi) is 4.07. The highest BCUT2D eigenvalue weighted by molar-refractivity contribution is 6.06. The SMILES string of the molecule is Cn1ncc2cc(C(=O)Nc3ccc4nc(C5COCCN5)cn4c3)ccc21. The third-order valence-corrected chi connectivity index (χ3v) is 5.01. The second kappa shape index (κ2) is 6.74. The number of anilines is 1. The molecule has 28 heavy (non-hydrogen) atoms. The van der Waals surface area contributed by atoms with E-state index in [4.69, 9.17) is 4.74 Å². The largest absolute Gasteiger partial charge is 0.378 e. The van der Waals surface area contributed by atoms with Gasteiger partial charge < -0.3 is 19.8 Å². The topological polar surface area (TPSA) is 85.5 Å². The van der Waals surface area contributed by atoms with E-state index >= 15 is 0 Å². The number of aromatic nitrogens is 4. The molecule has 1 fully saturated rings. The third kappa shape index (κ3) is 3.02. The lowest BCUT2D eigenvalue weighted by Gasteiger charge is -2.21. The van der Waals surface area contributed by atoms with Crippen LogP contribution in [0.4, 0.5) is 5.69 Å². The molecule has 0 aliphatic carbocycles. The fourth-order valence-corrected chi connectivity index (χ4v) is 3.52. The van der Waals surface area contributed by atoms with E-state index in [2.05, 4.69) is 20.7 Å². The summed E-state index contributed by atoms with van der Waals surface area (Å²) in [6.07, 6.45) is 5.60. The first-order chi connectivity index (χ1) is 13.7. The Labute approximate surface area is 161 Å². The zero-order chi connectivity index (χ0) is 19.1. The Hall–Kier alpha value is -3.23. The molecule has 5 rings (SSSR count). The first kappa shape index (κ1) is 16.9. The van der Waals surface area contributed by atoms with Crippen LogP contribution in [0.25, 0.3) is 16.6 Å². The van der Waals surface area contributed by atoms with E-state index in [1.165, 1.54) is 0 Å². The van der Waals surface area contributed by atoms with E-state index in [1.807, 2.05) is 54.2 Å². The summed E-state index contributed by atoms with van der Waals surface area (Å²) < 4.78 is 9.22. The molecule has 1 aliphatic rings. The van der Waals surface area contributed by atoms with E-state index in [0.29, 0.717) is 17.9 Å². The van der Waals surface area contributed by atoms with Crippen molar-refractivity contribution in [3.05, 3.63) is 60.2 Å². The van der Waals surface area contributed by atoms with Crippen LogP contribution in [0.1, 0.15) is 22.1 Å². The van der Waals surface area contributed by atoms with Crippen LogP contribution in [0.3, 0.4) is 0 Å². The van der Waals surface area contributed by atoms with Gasteiger partial charge in [-0.1, -0.05) is 0 Å². The van der Waals surface area contributed by atoms with Gasteiger partial charge >= 0.3 is 0 Å². The second-order valence-electron chi connectivity index (χ2n) is 6.93. The maximum Gasteiger partial charge on any atom is 0.255 e. The molecular formula is C20H20N6O2. The van der Waals surface area contributed by atoms with Gasteiger partial charge in [0.25, 0.3) is 5.91 Å². The molecule has 4 aromatic rings. The summed E-state index contributed by atoms with van der Waals surface area (Å²) in [5, 5.41) is 11.5. The van der Waals surface area contributed by atoms with Gasteiger partial charge in [-0.2, -0.15) is 5.10 Å². The Morgan fingerprint density at radius 3 is 3.07 bits per heavy atom. The molecule has 8 heteroatoms. The molecule has 0 radical (unpaired) electrons. The summed E-state index contributed by atoms with van der Waals surface area (Å²) in [5.74, 6) is -0.159. The number of carbonyl (C=O) groups excluding carboxylic acids is 1. The highest BCUT2D eigenvalue weighted by Gasteiger charge is 2.18. The van der Waals surface area contributed by atoms with Crippen LogP contribution in [0.15, 0.2) is 48.9 Å². The van der Waals surface area contributed by atoms with Gasteiger partial charge in [-0.3, -0.25) is 9.48 Å². The number of nitrogens with one attached hydrogen (secondary N) is 2. The fourth-order valence-electron chi connectivity index (χ4n) is 3.52. The zero-order valence-corrected chi connectivity index (χ0v) is 15.4. The van der Waals surface area contributed by atoms with Crippen LogP contribution in [-0.2, 0) is 11.8 Å². The number of fused-ring (bicyclic) bond motifs is 2. The lowest BCUT2D eigenvalue weighted by molar-refractivity contribution is 0.0758. The van der Waals surface area contributed by atoms with Gasteiger partial charge in [0.2, 0.25) is 0 Å². The minimum Gasteiger partial charge on any atom is -0.378 e. The third-order valence-electron chi connectivity index (χ3n) is 5.01. The lowest BCUT2D eigenvalue weighted by Crippen LogP contribution is -2.34. The Bertz CT molecular complexity index is 1170. The van der Waals surface area contributed by atoms with Gasteiger partial charge in [0.15, 0.2) is 0 Å². The monoisotopic (exact) mass is 376 g/mol.